The van der Waals surface area contributed by atoms with Crippen LogP contribution in [0.4, 0.5) is 0 Å². The standard InChI is InChI=1S/C16H24N2O2/c1-18-8-4-7-16(19,11-18)15(10-17)9-13-5-2-3-6-14(13)20-12-15/h2-3,5-6,19H,4,7-12,17H2,1H3. The van der Waals surface area contributed by atoms with Crippen molar-refractivity contribution in [3.8, 4) is 5.75 Å². The van der Waals surface area contributed by atoms with Crippen LogP contribution in [0.3, 0.4) is 0 Å². The van der Waals surface area contributed by atoms with E-state index in [1.54, 1.807) is 0 Å². The van der Waals surface area contributed by atoms with Crippen LogP contribution in [0.1, 0.15) is 18.4 Å². The number of fused-ring (bicyclic) bond motifs is 1. The van der Waals surface area contributed by atoms with Crippen molar-refractivity contribution in [2.45, 2.75) is 24.9 Å². The topological polar surface area (TPSA) is 58.7 Å². The zero-order chi connectivity index (χ0) is 14.2. The van der Waals surface area contributed by atoms with Gasteiger partial charge in [0, 0.05) is 13.1 Å². The van der Waals surface area contributed by atoms with Gasteiger partial charge in [0.2, 0.25) is 0 Å². The van der Waals surface area contributed by atoms with E-state index < -0.39 is 5.60 Å². The SMILES string of the molecule is CN1CCCC(O)(C2(CN)COc3ccccc3C2)C1. The first kappa shape index (κ1) is 13.9. The van der Waals surface area contributed by atoms with E-state index in [1.165, 1.54) is 0 Å². The molecule has 0 radical (unpaired) electrons. The first-order valence-electron chi connectivity index (χ1n) is 7.40. The first-order chi connectivity index (χ1) is 9.59. The van der Waals surface area contributed by atoms with Gasteiger partial charge in [-0.1, -0.05) is 18.2 Å². The van der Waals surface area contributed by atoms with Gasteiger partial charge in [-0.2, -0.15) is 0 Å². The van der Waals surface area contributed by atoms with E-state index in [4.69, 9.17) is 10.5 Å². The van der Waals surface area contributed by atoms with Crippen molar-refractivity contribution in [2.75, 3.05) is 33.3 Å². The predicted octanol–water partition coefficient (Wildman–Crippen LogP) is 1.02. The van der Waals surface area contributed by atoms with Gasteiger partial charge in [-0.05, 0) is 44.5 Å². The van der Waals surface area contributed by atoms with E-state index >= 15 is 0 Å². The van der Waals surface area contributed by atoms with Crippen LogP contribution in [0.25, 0.3) is 0 Å². The maximum atomic E-state index is 11.2. The Morgan fingerprint density at radius 2 is 2.20 bits per heavy atom. The molecule has 0 amide bonds. The number of nitrogens with zero attached hydrogens (tertiary/aromatic N) is 1. The molecule has 1 saturated heterocycles. The van der Waals surface area contributed by atoms with E-state index in [0.29, 0.717) is 19.7 Å². The molecule has 2 aliphatic heterocycles. The van der Waals surface area contributed by atoms with Crippen LogP contribution < -0.4 is 10.5 Å². The highest BCUT2D eigenvalue weighted by Gasteiger charge is 2.53. The Bertz CT molecular complexity index is 493. The van der Waals surface area contributed by atoms with Crippen LogP contribution in [0, 0.1) is 5.41 Å². The Kier molecular flexibility index (Phi) is 3.48. The molecule has 20 heavy (non-hydrogen) atoms. The molecule has 3 rings (SSSR count). The molecule has 0 spiro atoms. The molecule has 0 saturated carbocycles. The van der Waals surface area contributed by atoms with Crippen molar-refractivity contribution in [3.05, 3.63) is 29.8 Å². The van der Waals surface area contributed by atoms with Crippen molar-refractivity contribution in [1.29, 1.82) is 0 Å². The maximum Gasteiger partial charge on any atom is 0.122 e. The lowest BCUT2D eigenvalue weighted by Crippen LogP contribution is -2.64. The second kappa shape index (κ2) is 5.02. The average molecular weight is 276 g/mol. The van der Waals surface area contributed by atoms with E-state index in [-0.39, 0.29) is 5.41 Å². The summed E-state index contributed by atoms with van der Waals surface area (Å²) in [4.78, 5) is 2.20. The van der Waals surface area contributed by atoms with Gasteiger partial charge in [0.05, 0.1) is 17.6 Å². The molecule has 0 aliphatic carbocycles. The number of aliphatic hydroxyl groups is 1. The molecule has 1 fully saturated rings. The Labute approximate surface area is 120 Å². The lowest BCUT2D eigenvalue weighted by molar-refractivity contribution is -0.138. The quantitative estimate of drug-likeness (QED) is 0.847. The van der Waals surface area contributed by atoms with E-state index in [1.807, 2.05) is 18.2 Å². The summed E-state index contributed by atoms with van der Waals surface area (Å²) in [6, 6.07) is 8.07. The first-order valence-corrected chi connectivity index (χ1v) is 7.40. The summed E-state index contributed by atoms with van der Waals surface area (Å²) in [5, 5.41) is 11.2. The van der Waals surface area contributed by atoms with Gasteiger partial charge >= 0.3 is 0 Å². The normalized spacial score (nSPS) is 34.4. The molecule has 1 aromatic carbocycles. The van der Waals surface area contributed by atoms with Gasteiger partial charge in [-0.15, -0.1) is 0 Å². The van der Waals surface area contributed by atoms with Gasteiger partial charge in [0.15, 0.2) is 0 Å². The molecule has 0 aromatic heterocycles. The minimum atomic E-state index is -0.762. The largest absolute Gasteiger partial charge is 0.493 e. The van der Waals surface area contributed by atoms with E-state index in [0.717, 1.165) is 37.1 Å². The average Bonchev–Trinajstić information content (AvgIpc) is 2.46. The summed E-state index contributed by atoms with van der Waals surface area (Å²) in [6.45, 7) is 2.67. The van der Waals surface area contributed by atoms with Gasteiger partial charge in [0.1, 0.15) is 5.75 Å². The van der Waals surface area contributed by atoms with Crippen LogP contribution in [0.2, 0.25) is 0 Å². The number of rotatable bonds is 2. The third-order valence-corrected chi connectivity index (χ3v) is 5.05. The van der Waals surface area contributed by atoms with Crippen LogP contribution in [0.15, 0.2) is 24.3 Å². The van der Waals surface area contributed by atoms with E-state index in [9.17, 15) is 5.11 Å². The number of likely N-dealkylation sites (tertiary alicyclic amines) is 1. The van der Waals surface area contributed by atoms with Gasteiger partial charge < -0.3 is 20.5 Å². The second-order valence-corrected chi connectivity index (χ2v) is 6.43. The lowest BCUT2D eigenvalue weighted by atomic mass is 9.64. The lowest BCUT2D eigenvalue weighted by Gasteiger charge is -2.52. The summed E-state index contributed by atoms with van der Waals surface area (Å²) in [5.41, 5.74) is 6.12. The van der Waals surface area contributed by atoms with Crippen molar-refractivity contribution >= 4 is 0 Å². The fraction of sp³-hybridized carbons (Fsp3) is 0.625. The third-order valence-electron chi connectivity index (χ3n) is 5.05. The van der Waals surface area contributed by atoms with Crippen LogP contribution in [-0.2, 0) is 6.42 Å². The Hall–Kier alpha value is -1.10. The van der Waals surface area contributed by atoms with Gasteiger partial charge in [-0.25, -0.2) is 0 Å². The molecule has 3 N–H and O–H groups in total. The van der Waals surface area contributed by atoms with Gasteiger partial charge in [0.25, 0.3) is 0 Å². The number of likely N-dealkylation sites (N-methyl/N-ethyl adjacent to an activating group) is 1. The minimum Gasteiger partial charge on any atom is -0.493 e. The van der Waals surface area contributed by atoms with Crippen LogP contribution in [-0.4, -0.2) is 48.9 Å². The maximum absolute atomic E-state index is 11.2. The predicted molar refractivity (Wildman–Crippen MR) is 78.8 cm³/mol. The summed E-state index contributed by atoms with van der Waals surface area (Å²) in [6.07, 6.45) is 2.61. The van der Waals surface area contributed by atoms with Crippen LogP contribution in [0.5, 0.6) is 5.75 Å². The van der Waals surface area contributed by atoms with Crippen molar-refractivity contribution in [1.82, 2.24) is 4.90 Å². The molecular weight excluding hydrogens is 252 g/mol. The molecule has 4 heteroatoms. The molecule has 1 aromatic rings. The number of β-amino-alcohol motifs (C(OH)–C–C–N with tert-alkyl or cyclic N) is 1. The molecule has 2 atom stereocenters. The molecule has 2 aliphatic rings. The molecule has 2 unspecified atom stereocenters. The number of hydrogen-bond acceptors (Lipinski definition) is 4. The summed E-state index contributed by atoms with van der Waals surface area (Å²) in [7, 11) is 2.06. The zero-order valence-corrected chi connectivity index (χ0v) is 12.1. The molecule has 2 heterocycles. The highest BCUT2D eigenvalue weighted by molar-refractivity contribution is 5.37. The van der Waals surface area contributed by atoms with Crippen molar-refractivity contribution in [3.63, 3.8) is 0 Å². The summed E-state index contributed by atoms with van der Waals surface area (Å²) >= 11 is 0. The second-order valence-electron chi connectivity index (χ2n) is 6.43. The Morgan fingerprint density at radius 1 is 1.40 bits per heavy atom. The third kappa shape index (κ3) is 2.12. The van der Waals surface area contributed by atoms with E-state index in [2.05, 4.69) is 18.0 Å². The number of hydrogen-bond donors (Lipinski definition) is 2. The Morgan fingerprint density at radius 3 is 2.95 bits per heavy atom. The van der Waals surface area contributed by atoms with Crippen LogP contribution >= 0.6 is 0 Å². The number of benzene rings is 1. The number of piperidine rings is 1. The molecular formula is C16H24N2O2. The van der Waals surface area contributed by atoms with Gasteiger partial charge in [-0.3, -0.25) is 0 Å². The van der Waals surface area contributed by atoms with Crippen molar-refractivity contribution in [2.24, 2.45) is 11.1 Å². The summed E-state index contributed by atoms with van der Waals surface area (Å²) < 4.78 is 5.93. The summed E-state index contributed by atoms with van der Waals surface area (Å²) in [5.74, 6) is 0.935. The monoisotopic (exact) mass is 276 g/mol. The molecule has 110 valence electrons. The number of nitrogens with two attached hydrogens (primary N) is 1. The smallest absolute Gasteiger partial charge is 0.122 e. The van der Waals surface area contributed by atoms with Crippen molar-refractivity contribution < 1.29 is 9.84 Å². The highest BCUT2D eigenvalue weighted by Crippen LogP contribution is 2.44. The highest BCUT2D eigenvalue weighted by atomic mass is 16.5. The zero-order valence-electron chi connectivity index (χ0n) is 12.1. The number of para-hydroxylation sites is 1. The fourth-order valence-corrected chi connectivity index (χ4v) is 3.72. The Balaban J connectivity index is 1.93. The molecule has 0 bridgehead atoms. The number of ether oxygens (including phenoxy) is 1. The molecule has 4 nitrogen and oxygen atoms in total. The minimum absolute atomic E-state index is 0.379. The fourth-order valence-electron chi connectivity index (χ4n) is 3.72.